The zero-order chi connectivity index (χ0) is 14.1. The highest BCUT2D eigenvalue weighted by molar-refractivity contribution is 5.96. The number of carboxylic acid groups (broad SMARTS) is 1. The fourth-order valence-corrected chi connectivity index (χ4v) is 1.11. The molecule has 0 atom stereocenters. The molecule has 0 amide bonds. The second kappa shape index (κ2) is 4.63. The second-order valence-corrected chi connectivity index (χ2v) is 2.96. The molecule has 0 fully saturated rings. The van der Waals surface area contributed by atoms with E-state index in [1.165, 1.54) is 0 Å². The number of nitrogen functional groups attached to an aromatic ring is 1. The smallest absolute Gasteiger partial charge is 0.477 e. The van der Waals surface area contributed by atoms with Crippen LogP contribution in [-0.4, -0.2) is 22.4 Å². The molecule has 0 unspecified atom stereocenters. The lowest BCUT2D eigenvalue weighted by atomic mass is 10.1. The SMILES string of the molecule is Nc1ncc(C(F)F)c(OC(F)(F)F)c1C(=O)O. The molecule has 100 valence electrons. The summed E-state index contributed by atoms with van der Waals surface area (Å²) in [6, 6.07) is 0. The van der Waals surface area contributed by atoms with Crippen LogP contribution in [0.2, 0.25) is 0 Å². The molecule has 0 radical (unpaired) electrons. The van der Waals surface area contributed by atoms with Crippen molar-refractivity contribution in [1.29, 1.82) is 0 Å². The third-order valence-electron chi connectivity index (χ3n) is 1.75. The summed E-state index contributed by atoms with van der Waals surface area (Å²) in [5.74, 6) is -4.37. The van der Waals surface area contributed by atoms with Gasteiger partial charge in [-0.3, -0.25) is 0 Å². The Morgan fingerprint density at radius 2 is 2.00 bits per heavy atom. The molecule has 3 N–H and O–H groups in total. The predicted molar refractivity (Wildman–Crippen MR) is 47.2 cm³/mol. The van der Waals surface area contributed by atoms with Crippen LogP contribution in [0.5, 0.6) is 5.75 Å². The molecule has 1 aromatic heterocycles. The van der Waals surface area contributed by atoms with E-state index in [1.54, 1.807) is 0 Å². The number of nitrogens with two attached hydrogens (primary N) is 1. The van der Waals surface area contributed by atoms with Crippen LogP contribution in [0.25, 0.3) is 0 Å². The number of nitrogens with zero attached hydrogens (tertiary/aromatic N) is 1. The lowest BCUT2D eigenvalue weighted by Crippen LogP contribution is -2.21. The molecule has 0 aromatic carbocycles. The Bertz CT molecular complexity index is 475. The average Bonchev–Trinajstić information content (AvgIpc) is 2.13. The molecule has 0 aliphatic carbocycles. The zero-order valence-corrected chi connectivity index (χ0v) is 8.33. The van der Waals surface area contributed by atoms with Crippen molar-refractivity contribution in [1.82, 2.24) is 4.98 Å². The summed E-state index contributed by atoms with van der Waals surface area (Å²) in [7, 11) is 0. The van der Waals surface area contributed by atoms with Crippen LogP contribution in [0.1, 0.15) is 22.3 Å². The summed E-state index contributed by atoms with van der Waals surface area (Å²) in [6.07, 6.45) is -8.40. The summed E-state index contributed by atoms with van der Waals surface area (Å²) >= 11 is 0. The highest BCUT2D eigenvalue weighted by Gasteiger charge is 2.37. The Hall–Kier alpha value is -2.13. The maximum Gasteiger partial charge on any atom is 0.573 e. The molecular weight excluding hydrogens is 267 g/mol. The molecule has 1 heterocycles. The monoisotopic (exact) mass is 272 g/mol. The van der Waals surface area contributed by atoms with Gasteiger partial charge in [-0.2, -0.15) is 0 Å². The first kappa shape index (κ1) is 13.9. The van der Waals surface area contributed by atoms with E-state index < -0.39 is 41.5 Å². The van der Waals surface area contributed by atoms with Crippen LogP contribution in [0.4, 0.5) is 27.8 Å². The van der Waals surface area contributed by atoms with Gasteiger partial charge in [0.1, 0.15) is 11.4 Å². The van der Waals surface area contributed by atoms with Crippen LogP contribution in [-0.2, 0) is 0 Å². The van der Waals surface area contributed by atoms with E-state index in [0.717, 1.165) is 0 Å². The van der Waals surface area contributed by atoms with Crippen molar-refractivity contribution in [2.75, 3.05) is 5.73 Å². The number of rotatable bonds is 3. The quantitative estimate of drug-likeness (QED) is 0.824. The van der Waals surface area contributed by atoms with Crippen LogP contribution in [0.15, 0.2) is 6.20 Å². The Morgan fingerprint density at radius 1 is 1.44 bits per heavy atom. The molecule has 0 aliphatic rings. The third kappa shape index (κ3) is 2.96. The second-order valence-electron chi connectivity index (χ2n) is 2.96. The van der Waals surface area contributed by atoms with Crippen molar-refractivity contribution in [3.05, 3.63) is 17.3 Å². The predicted octanol–water partition coefficient (Wildman–Crippen LogP) is 2.20. The summed E-state index contributed by atoms with van der Waals surface area (Å²) < 4.78 is 64.3. The van der Waals surface area contributed by atoms with Gasteiger partial charge in [-0.1, -0.05) is 0 Å². The van der Waals surface area contributed by atoms with Crippen molar-refractivity contribution >= 4 is 11.8 Å². The van der Waals surface area contributed by atoms with Gasteiger partial charge in [0.25, 0.3) is 6.43 Å². The van der Waals surface area contributed by atoms with E-state index in [-0.39, 0.29) is 0 Å². The standard InChI is InChI=1S/C8H5F5N2O3/c9-5(10)2-1-15-6(14)3(7(16)17)4(2)18-8(11,12)13/h1,5H,(H2,14,15)(H,16,17). The third-order valence-corrected chi connectivity index (χ3v) is 1.75. The van der Waals surface area contributed by atoms with Gasteiger partial charge in [0, 0.05) is 6.20 Å². The van der Waals surface area contributed by atoms with Gasteiger partial charge in [-0.25, -0.2) is 18.6 Å². The van der Waals surface area contributed by atoms with Gasteiger partial charge >= 0.3 is 12.3 Å². The van der Waals surface area contributed by atoms with Crippen molar-refractivity contribution < 1.29 is 36.6 Å². The van der Waals surface area contributed by atoms with E-state index in [1.807, 2.05) is 0 Å². The number of aromatic carboxylic acids is 1. The first-order valence-corrected chi connectivity index (χ1v) is 4.19. The van der Waals surface area contributed by atoms with E-state index in [0.29, 0.717) is 6.20 Å². The summed E-state index contributed by atoms with van der Waals surface area (Å²) in [6.45, 7) is 0. The molecule has 0 spiro atoms. The normalized spacial score (nSPS) is 11.7. The first-order valence-electron chi connectivity index (χ1n) is 4.19. The number of aromatic nitrogens is 1. The topological polar surface area (TPSA) is 85.4 Å². The fourth-order valence-electron chi connectivity index (χ4n) is 1.11. The Morgan fingerprint density at radius 3 is 2.39 bits per heavy atom. The summed E-state index contributed by atoms with van der Waals surface area (Å²) in [5.41, 5.74) is 2.46. The first-order chi connectivity index (χ1) is 8.13. The maximum atomic E-state index is 12.5. The molecule has 0 bridgehead atoms. The molecule has 1 rings (SSSR count). The van der Waals surface area contributed by atoms with Crippen molar-refractivity contribution in [2.24, 2.45) is 0 Å². The number of pyridine rings is 1. The molecular formula is C8H5F5N2O3. The Balaban J connectivity index is 3.48. The number of hydrogen-bond donors (Lipinski definition) is 2. The lowest BCUT2D eigenvalue weighted by molar-refractivity contribution is -0.275. The summed E-state index contributed by atoms with van der Waals surface area (Å²) in [5, 5.41) is 8.64. The molecule has 1 aromatic rings. The van der Waals surface area contributed by atoms with E-state index in [2.05, 4.69) is 9.72 Å². The minimum Gasteiger partial charge on any atom is -0.477 e. The van der Waals surface area contributed by atoms with E-state index in [4.69, 9.17) is 10.8 Å². The molecule has 5 nitrogen and oxygen atoms in total. The molecule has 18 heavy (non-hydrogen) atoms. The molecule has 0 saturated heterocycles. The van der Waals surface area contributed by atoms with Crippen molar-refractivity contribution in [3.63, 3.8) is 0 Å². The minimum absolute atomic E-state index is 0.327. The average molecular weight is 272 g/mol. The van der Waals surface area contributed by atoms with Gasteiger partial charge in [0.05, 0.1) is 5.56 Å². The number of halogens is 5. The maximum absolute atomic E-state index is 12.5. The largest absolute Gasteiger partial charge is 0.573 e. The van der Waals surface area contributed by atoms with Gasteiger partial charge in [0.2, 0.25) is 0 Å². The molecule has 10 heteroatoms. The zero-order valence-electron chi connectivity index (χ0n) is 8.33. The molecule has 0 aliphatic heterocycles. The number of carboxylic acids is 1. The van der Waals surface area contributed by atoms with E-state index >= 15 is 0 Å². The van der Waals surface area contributed by atoms with Gasteiger partial charge in [-0.15, -0.1) is 13.2 Å². The Kier molecular flexibility index (Phi) is 3.58. The number of alkyl halides is 5. The van der Waals surface area contributed by atoms with Crippen LogP contribution < -0.4 is 10.5 Å². The van der Waals surface area contributed by atoms with Gasteiger partial charge < -0.3 is 15.6 Å². The lowest BCUT2D eigenvalue weighted by Gasteiger charge is -2.15. The van der Waals surface area contributed by atoms with Crippen molar-refractivity contribution in [3.8, 4) is 5.75 Å². The minimum atomic E-state index is -5.33. The van der Waals surface area contributed by atoms with Crippen LogP contribution in [0, 0.1) is 0 Å². The van der Waals surface area contributed by atoms with Gasteiger partial charge in [0.15, 0.2) is 5.75 Å². The van der Waals surface area contributed by atoms with E-state index in [9.17, 15) is 26.7 Å². The van der Waals surface area contributed by atoms with Gasteiger partial charge in [-0.05, 0) is 0 Å². The fraction of sp³-hybridized carbons (Fsp3) is 0.250. The number of hydrogen-bond acceptors (Lipinski definition) is 4. The number of carbonyl (C=O) groups is 1. The summed E-state index contributed by atoms with van der Waals surface area (Å²) in [4.78, 5) is 13.8. The molecule has 0 saturated carbocycles. The van der Waals surface area contributed by atoms with Crippen LogP contribution >= 0.6 is 0 Å². The highest BCUT2D eigenvalue weighted by Crippen LogP contribution is 2.37. The number of anilines is 1. The van der Waals surface area contributed by atoms with Crippen LogP contribution in [0.3, 0.4) is 0 Å². The Labute approximate surface area is 96.0 Å². The number of ether oxygens (including phenoxy) is 1. The highest BCUT2D eigenvalue weighted by atomic mass is 19.4. The van der Waals surface area contributed by atoms with Crippen molar-refractivity contribution in [2.45, 2.75) is 12.8 Å².